The molecular weight excluding hydrogens is 318 g/mol. The van der Waals surface area contributed by atoms with Crippen LogP contribution in [-0.4, -0.2) is 17.4 Å². The number of carbonyl (C=O) groups is 1. The lowest BCUT2D eigenvalue weighted by molar-refractivity contribution is -0.127. The molecule has 1 unspecified atom stereocenters. The molecule has 3 heterocycles. The predicted molar refractivity (Wildman–Crippen MR) is 95.8 cm³/mol. The Labute approximate surface area is 144 Å². The number of thiophene rings is 1. The van der Waals surface area contributed by atoms with Crippen LogP contribution in [0, 0.1) is 0 Å². The average Bonchev–Trinajstić information content (AvgIpc) is 3.30. The van der Waals surface area contributed by atoms with Crippen LogP contribution in [0.4, 0.5) is 0 Å². The Kier molecular flexibility index (Phi) is 4.05. The second kappa shape index (κ2) is 6.49. The van der Waals surface area contributed by atoms with E-state index < -0.39 is 0 Å². The van der Waals surface area contributed by atoms with E-state index in [0.29, 0.717) is 0 Å². The fourth-order valence-corrected chi connectivity index (χ4v) is 4.09. The fraction of sp³-hybridized carbons (Fsp3) is 0.150. The number of nitrogens with zero attached hydrogens (tertiary/aromatic N) is 1. The van der Waals surface area contributed by atoms with E-state index in [-0.39, 0.29) is 11.9 Å². The van der Waals surface area contributed by atoms with Crippen LogP contribution in [0.5, 0.6) is 0 Å². The first kappa shape index (κ1) is 15.0. The van der Waals surface area contributed by atoms with E-state index in [2.05, 4.69) is 23.6 Å². The van der Waals surface area contributed by atoms with Gasteiger partial charge >= 0.3 is 0 Å². The van der Waals surface area contributed by atoms with E-state index in [9.17, 15) is 4.79 Å². The maximum absolute atomic E-state index is 12.8. The van der Waals surface area contributed by atoms with Gasteiger partial charge in [-0.15, -0.1) is 11.3 Å². The number of rotatable bonds is 3. The molecular formula is C20H17NO2S. The molecule has 3 aromatic rings. The monoisotopic (exact) mass is 335 g/mol. The van der Waals surface area contributed by atoms with Gasteiger partial charge in [-0.2, -0.15) is 0 Å². The Hall–Kier alpha value is -2.59. The first-order chi connectivity index (χ1) is 11.8. The second-order valence-corrected chi connectivity index (χ2v) is 6.78. The molecule has 0 saturated heterocycles. The zero-order valence-corrected chi connectivity index (χ0v) is 13.9. The van der Waals surface area contributed by atoms with Crippen molar-refractivity contribution in [3.63, 3.8) is 0 Å². The van der Waals surface area contributed by atoms with E-state index in [4.69, 9.17) is 4.42 Å². The topological polar surface area (TPSA) is 33.5 Å². The predicted octanol–water partition coefficient (Wildman–Crippen LogP) is 4.53. The van der Waals surface area contributed by atoms with E-state index in [1.165, 1.54) is 10.4 Å². The number of amides is 1. The van der Waals surface area contributed by atoms with Crippen molar-refractivity contribution in [3.05, 3.63) is 88.0 Å². The van der Waals surface area contributed by atoms with Crippen LogP contribution in [-0.2, 0) is 11.2 Å². The Morgan fingerprint density at radius 1 is 1.21 bits per heavy atom. The zero-order valence-electron chi connectivity index (χ0n) is 13.1. The third kappa shape index (κ3) is 2.81. The summed E-state index contributed by atoms with van der Waals surface area (Å²) in [5.74, 6) is 0.0295. The fourth-order valence-electron chi connectivity index (χ4n) is 3.18. The van der Waals surface area contributed by atoms with Gasteiger partial charge in [-0.05, 0) is 41.1 Å². The van der Waals surface area contributed by atoms with Crippen molar-refractivity contribution < 1.29 is 9.21 Å². The van der Waals surface area contributed by atoms with Crippen LogP contribution in [0.3, 0.4) is 0 Å². The van der Waals surface area contributed by atoms with Crippen LogP contribution in [0.15, 0.2) is 70.9 Å². The van der Waals surface area contributed by atoms with Gasteiger partial charge in [-0.1, -0.05) is 30.3 Å². The lowest BCUT2D eigenvalue weighted by atomic mass is 9.93. The summed E-state index contributed by atoms with van der Waals surface area (Å²) in [5.41, 5.74) is 3.30. The number of furan rings is 1. The van der Waals surface area contributed by atoms with Gasteiger partial charge in [0.05, 0.1) is 18.6 Å². The van der Waals surface area contributed by atoms with Crippen molar-refractivity contribution in [3.8, 4) is 0 Å². The van der Waals surface area contributed by atoms with Crippen LogP contribution in [0.25, 0.3) is 6.08 Å². The number of fused-ring (bicyclic) bond motifs is 1. The molecule has 0 bridgehead atoms. The minimum absolute atomic E-state index is 0.0114. The van der Waals surface area contributed by atoms with Gasteiger partial charge in [0, 0.05) is 23.1 Å². The third-order valence-electron chi connectivity index (χ3n) is 4.33. The molecule has 120 valence electrons. The molecule has 0 N–H and O–H groups in total. The summed E-state index contributed by atoms with van der Waals surface area (Å²) >= 11 is 1.78. The smallest absolute Gasteiger partial charge is 0.247 e. The second-order valence-electron chi connectivity index (χ2n) is 5.78. The van der Waals surface area contributed by atoms with Crippen LogP contribution in [0.1, 0.15) is 27.6 Å². The summed E-state index contributed by atoms with van der Waals surface area (Å²) in [4.78, 5) is 16.2. The highest BCUT2D eigenvalue weighted by atomic mass is 32.1. The van der Waals surface area contributed by atoms with E-state index >= 15 is 0 Å². The SMILES string of the molecule is O=C(/C=C/c1ccoc1)N1CCc2sccc2C1c1ccccc1. The molecule has 0 spiro atoms. The standard InChI is InChI=1S/C20H17NO2S/c22-19(7-6-15-9-12-23-14-15)21-11-8-18-17(10-13-24-18)20(21)16-4-2-1-3-5-16/h1-7,9-10,12-14,20H,8,11H2/b7-6+. The molecule has 1 aromatic carbocycles. The molecule has 3 nitrogen and oxygen atoms in total. The van der Waals surface area contributed by atoms with Crippen molar-refractivity contribution in [2.45, 2.75) is 12.5 Å². The zero-order chi connectivity index (χ0) is 16.4. The molecule has 1 atom stereocenters. The summed E-state index contributed by atoms with van der Waals surface area (Å²) in [5, 5.41) is 2.12. The molecule has 4 heteroatoms. The number of carbonyl (C=O) groups excluding carboxylic acids is 1. The lowest BCUT2D eigenvalue weighted by Crippen LogP contribution is -2.39. The Morgan fingerprint density at radius 3 is 2.88 bits per heavy atom. The molecule has 0 aliphatic carbocycles. The molecule has 1 amide bonds. The molecule has 4 rings (SSSR count). The largest absolute Gasteiger partial charge is 0.472 e. The van der Waals surface area contributed by atoms with E-state index in [1.54, 1.807) is 36.0 Å². The quantitative estimate of drug-likeness (QED) is 0.659. The summed E-state index contributed by atoms with van der Waals surface area (Å²) in [7, 11) is 0. The van der Waals surface area contributed by atoms with Crippen LogP contribution in [0.2, 0.25) is 0 Å². The molecule has 0 fully saturated rings. The molecule has 24 heavy (non-hydrogen) atoms. The Morgan fingerprint density at radius 2 is 2.08 bits per heavy atom. The summed E-state index contributed by atoms with van der Waals surface area (Å²) in [6.45, 7) is 0.738. The van der Waals surface area contributed by atoms with Gasteiger partial charge in [0.15, 0.2) is 0 Å². The van der Waals surface area contributed by atoms with E-state index in [0.717, 1.165) is 24.1 Å². The molecule has 0 radical (unpaired) electrons. The maximum Gasteiger partial charge on any atom is 0.247 e. The summed E-state index contributed by atoms with van der Waals surface area (Å²) in [6, 6.07) is 14.2. The average molecular weight is 335 g/mol. The molecule has 1 aliphatic heterocycles. The van der Waals surface area contributed by atoms with Crippen molar-refractivity contribution >= 4 is 23.3 Å². The van der Waals surface area contributed by atoms with Gasteiger partial charge in [0.2, 0.25) is 5.91 Å². The summed E-state index contributed by atoms with van der Waals surface area (Å²) in [6.07, 6.45) is 7.60. The molecule has 0 saturated carbocycles. The van der Waals surface area contributed by atoms with Gasteiger partial charge in [0.25, 0.3) is 0 Å². The van der Waals surface area contributed by atoms with Crippen molar-refractivity contribution in [1.29, 1.82) is 0 Å². The number of hydrogen-bond acceptors (Lipinski definition) is 3. The first-order valence-electron chi connectivity index (χ1n) is 7.95. The number of hydrogen-bond donors (Lipinski definition) is 0. The minimum atomic E-state index is -0.0114. The lowest BCUT2D eigenvalue weighted by Gasteiger charge is -2.35. The highest BCUT2D eigenvalue weighted by molar-refractivity contribution is 7.10. The highest BCUT2D eigenvalue weighted by Gasteiger charge is 2.31. The van der Waals surface area contributed by atoms with Gasteiger partial charge < -0.3 is 9.32 Å². The normalized spacial score (nSPS) is 17.2. The van der Waals surface area contributed by atoms with Crippen LogP contribution >= 0.6 is 11.3 Å². The van der Waals surface area contributed by atoms with Gasteiger partial charge in [0.1, 0.15) is 0 Å². The van der Waals surface area contributed by atoms with E-state index in [1.807, 2.05) is 29.2 Å². The molecule has 2 aromatic heterocycles. The van der Waals surface area contributed by atoms with Crippen molar-refractivity contribution in [2.24, 2.45) is 0 Å². The Bertz CT molecular complexity index is 849. The first-order valence-corrected chi connectivity index (χ1v) is 8.83. The minimum Gasteiger partial charge on any atom is -0.472 e. The Balaban J connectivity index is 1.67. The summed E-state index contributed by atoms with van der Waals surface area (Å²) < 4.78 is 5.04. The van der Waals surface area contributed by atoms with Crippen molar-refractivity contribution in [2.75, 3.05) is 6.54 Å². The number of benzene rings is 1. The van der Waals surface area contributed by atoms with Gasteiger partial charge in [-0.25, -0.2) is 0 Å². The van der Waals surface area contributed by atoms with Crippen molar-refractivity contribution in [1.82, 2.24) is 4.90 Å². The third-order valence-corrected chi connectivity index (χ3v) is 5.32. The van der Waals surface area contributed by atoms with Crippen LogP contribution < -0.4 is 0 Å². The maximum atomic E-state index is 12.8. The molecule has 1 aliphatic rings. The van der Waals surface area contributed by atoms with Gasteiger partial charge in [-0.3, -0.25) is 4.79 Å². The highest BCUT2D eigenvalue weighted by Crippen LogP contribution is 2.37.